The Kier molecular flexibility index (Phi) is 8.32. The molecule has 1 aliphatic heterocycles. The van der Waals surface area contributed by atoms with Crippen molar-refractivity contribution >= 4 is 17.5 Å². The Labute approximate surface area is 227 Å². The number of aliphatic hydroxyl groups is 2. The van der Waals surface area contributed by atoms with Crippen molar-refractivity contribution in [1.29, 1.82) is 0 Å². The molecule has 9 nitrogen and oxygen atoms in total. The van der Waals surface area contributed by atoms with Gasteiger partial charge >= 0.3 is 0 Å². The molecule has 0 unspecified atom stereocenters. The molecule has 3 aromatic rings. The average Bonchev–Trinajstić information content (AvgIpc) is 3.14. The molecule has 2 amide bonds. The molecule has 9 heteroatoms. The molecule has 0 saturated carbocycles. The van der Waals surface area contributed by atoms with Crippen LogP contribution in [0.15, 0.2) is 83.8 Å². The number of methoxy groups -OCH3 is 1. The second kappa shape index (κ2) is 11.7. The molecule has 2 aromatic carbocycles. The number of pyridine rings is 1. The molecule has 0 aliphatic carbocycles. The second-order valence-electron chi connectivity index (χ2n) is 9.53. The monoisotopic (exact) mass is 531 g/mol. The van der Waals surface area contributed by atoms with Crippen molar-refractivity contribution < 1.29 is 24.5 Å². The highest BCUT2D eigenvalue weighted by atomic mass is 16.5. The second-order valence-corrected chi connectivity index (χ2v) is 9.53. The van der Waals surface area contributed by atoms with Gasteiger partial charge < -0.3 is 24.7 Å². The van der Waals surface area contributed by atoms with Crippen molar-refractivity contribution in [1.82, 2.24) is 9.47 Å². The lowest BCUT2D eigenvalue weighted by Crippen LogP contribution is -2.43. The van der Waals surface area contributed by atoms with Crippen LogP contribution in [-0.2, 0) is 21.7 Å². The molecule has 204 valence electrons. The third kappa shape index (κ3) is 5.36. The van der Waals surface area contributed by atoms with Crippen molar-refractivity contribution in [2.24, 2.45) is 5.92 Å². The van der Waals surface area contributed by atoms with E-state index in [4.69, 9.17) is 4.74 Å². The summed E-state index contributed by atoms with van der Waals surface area (Å²) in [6.45, 7) is 2.12. The van der Waals surface area contributed by atoms with E-state index in [-0.39, 0.29) is 36.8 Å². The zero-order valence-corrected chi connectivity index (χ0v) is 22.3. The van der Waals surface area contributed by atoms with E-state index in [0.29, 0.717) is 23.5 Å². The van der Waals surface area contributed by atoms with Crippen molar-refractivity contribution in [3.63, 3.8) is 0 Å². The first-order valence-corrected chi connectivity index (χ1v) is 12.7. The van der Waals surface area contributed by atoms with Crippen LogP contribution in [0.25, 0.3) is 5.69 Å². The normalized spacial score (nSPS) is 17.4. The summed E-state index contributed by atoms with van der Waals surface area (Å²) in [5, 5.41) is 21.2. The Morgan fingerprint density at radius 3 is 2.56 bits per heavy atom. The third-order valence-corrected chi connectivity index (χ3v) is 7.11. The lowest BCUT2D eigenvalue weighted by atomic mass is 9.82. The molecule has 2 heterocycles. The average molecular weight is 532 g/mol. The maximum atomic E-state index is 13.3. The number of anilines is 1. The number of ether oxygens (including phenoxy) is 1. The lowest BCUT2D eigenvalue weighted by Gasteiger charge is -2.27. The number of rotatable bonds is 10. The van der Waals surface area contributed by atoms with Gasteiger partial charge in [0.2, 0.25) is 5.91 Å². The van der Waals surface area contributed by atoms with Gasteiger partial charge in [-0.25, -0.2) is 0 Å². The van der Waals surface area contributed by atoms with E-state index < -0.39 is 17.4 Å². The van der Waals surface area contributed by atoms with E-state index in [0.717, 1.165) is 5.56 Å². The first-order valence-electron chi connectivity index (χ1n) is 12.7. The van der Waals surface area contributed by atoms with Gasteiger partial charge in [0.25, 0.3) is 11.5 Å². The minimum atomic E-state index is -1.89. The third-order valence-electron chi connectivity index (χ3n) is 7.11. The zero-order valence-electron chi connectivity index (χ0n) is 22.3. The maximum absolute atomic E-state index is 13.3. The summed E-state index contributed by atoms with van der Waals surface area (Å²) in [7, 11) is 3.01. The quantitative estimate of drug-likeness (QED) is 0.389. The molecule has 0 saturated heterocycles. The van der Waals surface area contributed by atoms with E-state index in [1.165, 1.54) is 16.6 Å². The number of carbonyl (C=O) groups is 2. The number of fused-ring (bicyclic) bond motifs is 1. The zero-order chi connectivity index (χ0) is 28.2. The van der Waals surface area contributed by atoms with Gasteiger partial charge in [0.1, 0.15) is 0 Å². The van der Waals surface area contributed by atoms with Crippen LogP contribution in [0, 0.1) is 5.92 Å². The summed E-state index contributed by atoms with van der Waals surface area (Å²) in [6, 6.07) is 17.8. The van der Waals surface area contributed by atoms with E-state index in [9.17, 15) is 24.6 Å². The summed E-state index contributed by atoms with van der Waals surface area (Å²) in [4.78, 5) is 41.9. The number of amides is 2. The number of likely N-dealkylation sites (N-methyl/N-ethyl adjacent to an activating group) is 1. The Morgan fingerprint density at radius 2 is 1.87 bits per heavy atom. The molecule has 0 bridgehead atoms. The van der Waals surface area contributed by atoms with Crippen molar-refractivity contribution in [2.75, 3.05) is 32.2 Å². The van der Waals surface area contributed by atoms with Gasteiger partial charge in [0.15, 0.2) is 11.4 Å². The van der Waals surface area contributed by atoms with Gasteiger partial charge in [-0.1, -0.05) is 49.4 Å². The predicted octanol–water partition coefficient (Wildman–Crippen LogP) is 2.61. The van der Waals surface area contributed by atoms with Crippen molar-refractivity contribution in [3.8, 4) is 11.4 Å². The fourth-order valence-corrected chi connectivity index (χ4v) is 4.88. The summed E-state index contributed by atoms with van der Waals surface area (Å²) < 4.78 is 6.54. The van der Waals surface area contributed by atoms with Crippen LogP contribution in [0.3, 0.4) is 0 Å². The smallest absolute Gasteiger partial charge is 0.297 e. The molecular weight excluding hydrogens is 498 g/mol. The number of aliphatic hydroxyl groups excluding tert-OH is 1. The standard InChI is InChI=1S/C30H33N3O6/c1-21(9-7-13-27(35)32(17-18-34)20-22-10-5-4-6-11-22)30(38)24-19-23(14-15-25(24)31(2)29(30)37)33-16-8-12-26(39-3)28(33)36/h4-12,14-16,19,21,34,38H,13,17-18,20H2,1-3H3/b9-7+/t21-,30+/m0/s1. The molecule has 0 spiro atoms. The molecule has 1 aromatic heterocycles. The minimum absolute atomic E-state index is 0.0450. The Bertz CT molecular complexity index is 1430. The first kappa shape index (κ1) is 27.8. The van der Waals surface area contributed by atoms with E-state index in [2.05, 4.69) is 0 Å². The molecule has 4 rings (SSSR count). The molecule has 2 N–H and O–H groups in total. The van der Waals surface area contributed by atoms with Crippen molar-refractivity contribution in [3.05, 3.63) is 100 Å². The largest absolute Gasteiger partial charge is 0.491 e. The lowest BCUT2D eigenvalue weighted by molar-refractivity contribution is -0.139. The Balaban J connectivity index is 1.57. The van der Waals surface area contributed by atoms with Crippen LogP contribution < -0.4 is 15.2 Å². The van der Waals surface area contributed by atoms with Gasteiger partial charge in [0.05, 0.1) is 19.4 Å². The van der Waals surface area contributed by atoms with Gasteiger partial charge in [-0.2, -0.15) is 0 Å². The fourth-order valence-electron chi connectivity index (χ4n) is 4.88. The van der Waals surface area contributed by atoms with Gasteiger partial charge in [-0.15, -0.1) is 0 Å². The SMILES string of the molecule is COc1cccn(-c2ccc3c(c2)[C@](O)([C@@H](C)/C=C/CC(=O)N(CCO)Cc2ccccc2)C(=O)N3C)c1=O. The molecule has 2 atom stereocenters. The summed E-state index contributed by atoms with van der Waals surface area (Å²) in [6.07, 6.45) is 4.93. The summed E-state index contributed by atoms with van der Waals surface area (Å²) in [5.41, 5.74) is 0.0821. The first-order chi connectivity index (χ1) is 18.7. The maximum Gasteiger partial charge on any atom is 0.297 e. The van der Waals surface area contributed by atoms with Crippen LogP contribution in [0.4, 0.5) is 5.69 Å². The van der Waals surface area contributed by atoms with E-state index >= 15 is 0 Å². The number of hydrogen-bond acceptors (Lipinski definition) is 6. The van der Waals surface area contributed by atoms with E-state index in [1.807, 2.05) is 30.3 Å². The predicted molar refractivity (Wildman–Crippen MR) is 148 cm³/mol. The number of nitrogens with zero attached hydrogens (tertiary/aromatic N) is 3. The topological polar surface area (TPSA) is 112 Å². The van der Waals surface area contributed by atoms with Gasteiger partial charge in [0, 0.05) is 49.9 Å². The van der Waals surface area contributed by atoms with Gasteiger partial charge in [-0.05, 0) is 35.9 Å². The fraction of sp³-hybridized carbons (Fsp3) is 0.300. The van der Waals surface area contributed by atoms with Crippen LogP contribution >= 0.6 is 0 Å². The van der Waals surface area contributed by atoms with E-state index in [1.54, 1.807) is 67.6 Å². The highest BCUT2D eigenvalue weighted by Gasteiger charge is 2.51. The number of carbonyl (C=O) groups excluding carboxylic acids is 2. The number of benzene rings is 2. The summed E-state index contributed by atoms with van der Waals surface area (Å²) >= 11 is 0. The number of hydrogen-bond donors (Lipinski definition) is 2. The highest BCUT2D eigenvalue weighted by Crippen LogP contribution is 2.45. The Morgan fingerprint density at radius 1 is 1.13 bits per heavy atom. The summed E-state index contributed by atoms with van der Waals surface area (Å²) in [5.74, 6) is -1.19. The Hall–Kier alpha value is -4.21. The van der Waals surface area contributed by atoms with Crippen LogP contribution in [0.1, 0.15) is 24.5 Å². The van der Waals surface area contributed by atoms with Crippen molar-refractivity contribution in [2.45, 2.75) is 25.5 Å². The van der Waals surface area contributed by atoms with Crippen LogP contribution in [0.5, 0.6) is 5.75 Å². The molecule has 0 fully saturated rings. The van der Waals surface area contributed by atoms with Crippen LogP contribution in [0.2, 0.25) is 0 Å². The minimum Gasteiger partial charge on any atom is -0.491 e. The molecular formula is C30H33N3O6. The van der Waals surface area contributed by atoms with Gasteiger partial charge in [-0.3, -0.25) is 19.0 Å². The molecule has 1 aliphatic rings. The van der Waals surface area contributed by atoms with Crippen LogP contribution in [-0.4, -0.2) is 58.8 Å². The highest BCUT2D eigenvalue weighted by molar-refractivity contribution is 6.07. The molecule has 0 radical (unpaired) electrons. The number of aromatic nitrogens is 1. The molecule has 39 heavy (non-hydrogen) atoms.